The molecule has 1 saturated carbocycles. The maximum Gasteiger partial charge on any atom is 0.311 e. The van der Waals surface area contributed by atoms with E-state index in [0.717, 1.165) is 12.8 Å². The summed E-state index contributed by atoms with van der Waals surface area (Å²) >= 11 is 0. The molecule has 4 N–H and O–H groups in total. The summed E-state index contributed by atoms with van der Waals surface area (Å²) in [5.41, 5.74) is 4.44. The van der Waals surface area contributed by atoms with Gasteiger partial charge in [0.25, 0.3) is 5.91 Å². The van der Waals surface area contributed by atoms with E-state index in [0.29, 0.717) is 12.8 Å². The van der Waals surface area contributed by atoms with Crippen LogP contribution in [0.4, 0.5) is 5.82 Å². The first-order valence-electron chi connectivity index (χ1n) is 6.13. The maximum absolute atomic E-state index is 11.4. The Labute approximate surface area is 110 Å². The third kappa shape index (κ3) is 2.64. The van der Waals surface area contributed by atoms with Gasteiger partial charge in [-0.15, -0.1) is 0 Å². The minimum atomic E-state index is -0.818. The smallest absolute Gasteiger partial charge is 0.311 e. The number of nitrogens with zero attached hydrogens (tertiary/aromatic N) is 2. The number of nitrogens with two attached hydrogens (primary N) is 1. The molecule has 1 aromatic rings. The van der Waals surface area contributed by atoms with E-state index in [1.54, 1.807) is 0 Å². The minimum absolute atomic E-state index is 0.0287. The molecule has 0 atom stereocenters. The van der Waals surface area contributed by atoms with E-state index >= 15 is 0 Å². The Balaban J connectivity index is 2.14. The number of nitrogens with one attached hydrogen (secondary N) is 1. The fourth-order valence-electron chi connectivity index (χ4n) is 2.42. The van der Waals surface area contributed by atoms with Gasteiger partial charge in [0.05, 0.1) is 5.41 Å². The van der Waals surface area contributed by atoms with Crippen molar-refractivity contribution in [3.05, 3.63) is 18.1 Å². The lowest BCUT2D eigenvalue weighted by Gasteiger charge is -2.24. The van der Waals surface area contributed by atoms with E-state index < -0.39 is 17.3 Å². The molecule has 0 aliphatic heterocycles. The van der Waals surface area contributed by atoms with Gasteiger partial charge < -0.3 is 16.2 Å². The summed E-state index contributed by atoms with van der Waals surface area (Å²) in [6, 6.07) is 0. The van der Waals surface area contributed by atoms with Gasteiger partial charge in [-0.25, -0.2) is 9.97 Å². The van der Waals surface area contributed by atoms with E-state index in [1.165, 1.54) is 12.4 Å². The topological polar surface area (TPSA) is 118 Å². The number of rotatable bonds is 5. The first kappa shape index (κ1) is 13.3. The van der Waals surface area contributed by atoms with Crippen LogP contribution >= 0.6 is 0 Å². The normalized spacial score (nSPS) is 17.1. The number of anilines is 1. The molecule has 0 radical (unpaired) electrons. The molecule has 1 aliphatic rings. The number of carboxylic acids is 1. The van der Waals surface area contributed by atoms with Gasteiger partial charge in [-0.3, -0.25) is 9.59 Å². The van der Waals surface area contributed by atoms with Crippen LogP contribution in [-0.4, -0.2) is 33.5 Å². The molecule has 0 aromatic carbocycles. The van der Waals surface area contributed by atoms with E-state index in [2.05, 4.69) is 15.3 Å². The largest absolute Gasteiger partial charge is 0.481 e. The highest BCUT2D eigenvalue weighted by Gasteiger charge is 2.41. The summed E-state index contributed by atoms with van der Waals surface area (Å²) in [4.78, 5) is 30.4. The van der Waals surface area contributed by atoms with Crippen molar-refractivity contribution in [2.45, 2.75) is 25.7 Å². The van der Waals surface area contributed by atoms with Crippen LogP contribution in [0.25, 0.3) is 0 Å². The van der Waals surface area contributed by atoms with Crippen molar-refractivity contribution >= 4 is 17.7 Å². The number of carbonyl (C=O) groups is 2. The highest BCUT2D eigenvalue weighted by atomic mass is 16.4. The summed E-state index contributed by atoms with van der Waals surface area (Å²) in [5, 5.41) is 12.3. The number of carbonyl (C=O) groups excluding carboxylic acids is 1. The van der Waals surface area contributed by atoms with Gasteiger partial charge in [0.15, 0.2) is 11.5 Å². The van der Waals surface area contributed by atoms with Crippen molar-refractivity contribution in [2.75, 3.05) is 11.9 Å². The first-order chi connectivity index (χ1) is 9.05. The number of carboxylic acid groups (broad SMARTS) is 1. The van der Waals surface area contributed by atoms with Crippen LogP contribution in [0.3, 0.4) is 0 Å². The summed E-state index contributed by atoms with van der Waals surface area (Å²) in [6.45, 7) is 0.224. The zero-order valence-corrected chi connectivity index (χ0v) is 10.4. The predicted molar refractivity (Wildman–Crippen MR) is 67.6 cm³/mol. The summed E-state index contributed by atoms with van der Waals surface area (Å²) in [6.07, 6.45) is 5.85. The quantitative estimate of drug-likeness (QED) is 0.718. The zero-order chi connectivity index (χ0) is 13.9. The average Bonchev–Trinajstić information content (AvgIpc) is 2.86. The third-order valence-electron chi connectivity index (χ3n) is 3.54. The van der Waals surface area contributed by atoms with Crippen molar-refractivity contribution in [3.8, 4) is 0 Å². The zero-order valence-electron chi connectivity index (χ0n) is 10.4. The lowest BCUT2D eigenvalue weighted by Crippen LogP contribution is -2.36. The molecule has 19 heavy (non-hydrogen) atoms. The Kier molecular flexibility index (Phi) is 3.64. The second kappa shape index (κ2) is 5.21. The van der Waals surface area contributed by atoms with Crippen molar-refractivity contribution in [3.63, 3.8) is 0 Å². The number of primary amides is 1. The van der Waals surface area contributed by atoms with E-state index in [4.69, 9.17) is 5.73 Å². The second-order valence-electron chi connectivity index (χ2n) is 4.76. The number of aliphatic carboxylic acids is 1. The van der Waals surface area contributed by atoms with Crippen LogP contribution in [-0.2, 0) is 4.79 Å². The summed E-state index contributed by atoms with van der Waals surface area (Å²) < 4.78 is 0. The van der Waals surface area contributed by atoms with Crippen molar-refractivity contribution in [1.29, 1.82) is 0 Å². The lowest BCUT2D eigenvalue weighted by atomic mass is 9.86. The Morgan fingerprint density at radius 3 is 2.53 bits per heavy atom. The van der Waals surface area contributed by atoms with E-state index in [-0.39, 0.29) is 18.1 Å². The standard InChI is InChI=1S/C12H16N4O3/c13-9(17)8-10(15-6-5-14-8)16-7-12(11(18)19)3-1-2-4-12/h5-6H,1-4,7H2,(H2,13,17)(H,15,16)(H,18,19). The van der Waals surface area contributed by atoms with Crippen LogP contribution in [0.5, 0.6) is 0 Å². The van der Waals surface area contributed by atoms with Crippen LogP contribution in [0.15, 0.2) is 12.4 Å². The van der Waals surface area contributed by atoms with Gasteiger partial charge in [0.1, 0.15) is 0 Å². The molecule has 1 aliphatic carbocycles. The molecule has 2 rings (SSSR count). The molecular weight excluding hydrogens is 248 g/mol. The van der Waals surface area contributed by atoms with Gasteiger partial charge in [-0.1, -0.05) is 12.8 Å². The summed E-state index contributed by atoms with van der Waals surface area (Å²) in [7, 11) is 0. The van der Waals surface area contributed by atoms with Crippen LogP contribution in [0.2, 0.25) is 0 Å². The van der Waals surface area contributed by atoms with Crippen molar-refractivity contribution in [2.24, 2.45) is 11.1 Å². The van der Waals surface area contributed by atoms with E-state index in [9.17, 15) is 14.7 Å². The molecule has 0 bridgehead atoms. The number of aromatic nitrogens is 2. The van der Waals surface area contributed by atoms with Gasteiger partial charge in [-0.2, -0.15) is 0 Å². The van der Waals surface area contributed by atoms with Gasteiger partial charge in [0.2, 0.25) is 0 Å². The highest BCUT2D eigenvalue weighted by Crippen LogP contribution is 2.38. The monoisotopic (exact) mass is 264 g/mol. The Bertz CT molecular complexity index is 498. The molecule has 102 valence electrons. The molecule has 0 unspecified atom stereocenters. The van der Waals surface area contributed by atoms with Gasteiger partial charge in [0, 0.05) is 18.9 Å². The molecule has 7 nitrogen and oxygen atoms in total. The van der Waals surface area contributed by atoms with Gasteiger partial charge >= 0.3 is 5.97 Å². The SMILES string of the molecule is NC(=O)c1nccnc1NCC1(C(=O)O)CCCC1. The minimum Gasteiger partial charge on any atom is -0.481 e. The molecule has 7 heteroatoms. The lowest BCUT2D eigenvalue weighted by molar-refractivity contribution is -0.147. The average molecular weight is 264 g/mol. The fraction of sp³-hybridized carbons (Fsp3) is 0.500. The predicted octanol–water partition coefficient (Wildman–Crippen LogP) is 0.632. The molecule has 0 spiro atoms. The molecule has 1 aromatic heterocycles. The molecule has 1 amide bonds. The second-order valence-corrected chi connectivity index (χ2v) is 4.76. The molecular formula is C12H16N4O3. The molecule has 0 saturated heterocycles. The van der Waals surface area contributed by atoms with Crippen LogP contribution in [0.1, 0.15) is 36.2 Å². The van der Waals surface area contributed by atoms with Crippen LogP contribution < -0.4 is 11.1 Å². The van der Waals surface area contributed by atoms with E-state index in [1.807, 2.05) is 0 Å². The van der Waals surface area contributed by atoms with Crippen molar-refractivity contribution in [1.82, 2.24) is 9.97 Å². The molecule has 1 heterocycles. The fourth-order valence-corrected chi connectivity index (χ4v) is 2.42. The van der Waals surface area contributed by atoms with Gasteiger partial charge in [-0.05, 0) is 12.8 Å². The first-order valence-corrected chi connectivity index (χ1v) is 6.13. The Morgan fingerprint density at radius 1 is 1.32 bits per heavy atom. The Morgan fingerprint density at radius 2 is 1.95 bits per heavy atom. The number of hydrogen-bond acceptors (Lipinski definition) is 5. The summed E-state index contributed by atoms with van der Waals surface area (Å²) in [5.74, 6) is -1.27. The highest BCUT2D eigenvalue weighted by molar-refractivity contribution is 5.95. The Hall–Kier alpha value is -2.18. The maximum atomic E-state index is 11.4. The number of hydrogen-bond donors (Lipinski definition) is 3. The molecule has 1 fully saturated rings. The van der Waals surface area contributed by atoms with Crippen LogP contribution in [0, 0.1) is 5.41 Å². The number of amides is 1. The van der Waals surface area contributed by atoms with Crippen molar-refractivity contribution < 1.29 is 14.7 Å². The third-order valence-corrected chi connectivity index (χ3v) is 3.54.